The van der Waals surface area contributed by atoms with Gasteiger partial charge in [0.15, 0.2) is 0 Å². The first-order valence-corrected chi connectivity index (χ1v) is 11.3. The predicted molar refractivity (Wildman–Crippen MR) is 110 cm³/mol. The summed E-state index contributed by atoms with van der Waals surface area (Å²) in [5.41, 5.74) is 0.583. The Hall–Kier alpha value is -2.52. The summed E-state index contributed by atoms with van der Waals surface area (Å²) in [6, 6.07) is 9.03. The Balaban J connectivity index is 1.44. The van der Waals surface area contributed by atoms with Crippen LogP contribution in [0, 0.1) is 0 Å². The summed E-state index contributed by atoms with van der Waals surface area (Å²) in [6.07, 6.45) is 7.16. The molecule has 9 heteroatoms. The minimum atomic E-state index is -3.55. The van der Waals surface area contributed by atoms with Crippen LogP contribution in [0.5, 0.6) is 0 Å². The number of carbonyl (C=O) groups excluding carboxylic acids is 1. The number of aromatic nitrogens is 2. The number of hydrogen-bond donors (Lipinski definition) is 1. The summed E-state index contributed by atoms with van der Waals surface area (Å²) in [6.45, 7) is 2.38. The van der Waals surface area contributed by atoms with Crippen molar-refractivity contribution in [2.75, 3.05) is 23.3 Å². The Morgan fingerprint density at radius 3 is 2.28 bits per heavy atom. The second-order valence-corrected chi connectivity index (χ2v) is 9.48. The number of amides is 1. The first-order valence-electron chi connectivity index (χ1n) is 9.87. The lowest BCUT2D eigenvalue weighted by molar-refractivity contribution is -0.114. The van der Waals surface area contributed by atoms with E-state index in [0.29, 0.717) is 24.8 Å². The normalized spacial score (nSPS) is 18.4. The van der Waals surface area contributed by atoms with Crippen LogP contribution >= 0.6 is 0 Å². The topological polar surface area (TPSA) is 95.5 Å². The van der Waals surface area contributed by atoms with Crippen LogP contribution in [0.25, 0.3) is 0 Å². The van der Waals surface area contributed by atoms with E-state index in [-0.39, 0.29) is 16.8 Å². The van der Waals surface area contributed by atoms with Gasteiger partial charge in [0.2, 0.25) is 15.9 Å². The Labute approximate surface area is 171 Å². The van der Waals surface area contributed by atoms with Crippen LogP contribution in [0.4, 0.5) is 11.5 Å². The molecule has 154 valence electrons. The van der Waals surface area contributed by atoms with Crippen molar-refractivity contribution in [3.8, 4) is 0 Å². The van der Waals surface area contributed by atoms with E-state index in [1.54, 1.807) is 41.1 Å². The largest absolute Gasteiger partial charge is 0.350 e. The minimum absolute atomic E-state index is 0.188. The maximum Gasteiger partial charge on any atom is 0.243 e. The zero-order valence-corrected chi connectivity index (χ0v) is 17.2. The molecule has 1 aliphatic carbocycles. The van der Waals surface area contributed by atoms with Crippen LogP contribution in [-0.2, 0) is 14.8 Å². The molecular weight excluding hydrogens is 390 g/mol. The van der Waals surface area contributed by atoms with E-state index in [1.165, 1.54) is 6.92 Å². The highest BCUT2D eigenvalue weighted by atomic mass is 32.2. The van der Waals surface area contributed by atoms with Crippen molar-refractivity contribution in [3.63, 3.8) is 0 Å². The fourth-order valence-electron chi connectivity index (χ4n) is 3.88. The van der Waals surface area contributed by atoms with Crippen LogP contribution in [0.3, 0.4) is 0 Å². The average Bonchev–Trinajstić information content (AvgIpc) is 3.54. The van der Waals surface area contributed by atoms with Gasteiger partial charge >= 0.3 is 0 Å². The molecule has 2 aromatic rings. The minimum Gasteiger partial charge on any atom is -0.350 e. The molecule has 1 N–H and O–H groups in total. The molecule has 1 amide bonds. The predicted octanol–water partition coefficient (Wildman–Crippen LogP) is 2.26. The van der Waals surface area contributed by atoms with Crippen LogP contribution in [0.1, 0.15) is 32.6 Å². The summed E-state index contributed by atoms with van der Waals surface area (Å²) >= 11 is 0. The van der Waals surface area contributed by atoms with Gasteiger partial charge in [0, 0.05) is 44.0 Å². The van der Waals surface area contributed by atoms with Crippen LogP contribution < -0.4 is 10.2 Å². The highest BCUT2D eigenvalue weighted by Crippen LogP contribution is 2.35. The third-order valence-corrected chi connectivity index (χ3v) is 7.31. The number of anilines is 2. The Bertz CT molecular complexity index is 953. The van der Waals surface area contributed by atoms with Gasteiger partial charge in [0.1, 0.15) is 12.1 Å². The quantitative estimate of drug-likeness (QED) is 0.778. The molecule has 1 aliphatic heterocycles. The zero-order valence-electron chi connectivity index (χ0n) is 16.4. The summed E-state index contributed by atoms with van der Waals surface area (Å²) < 4.78 is 27.6. The Morgan fingerprint density at radius 1 is 1.07 bits per heavy atom. The Morgan fingerprint density at radius 2 is 1.72 bits per heavy atom. The van der Waals surface area contributed by atoms with E-state index in [0.717, 1.165) is 31.5 Å². The Kier molecular flexibility index (Phi) is 5.51. The van der Waals surface area contributed by atoms with Gasteiger partial charge in [0.05, 0.1) is 4.90 Å². The van der Waals surface area contributed by atoms with Crippen LogP contribution in [0.15, 0.2) is 47.8 Å². The highest BCUT2D eigenvalue weighted by Gasteiger charge is 2.38. The smallest absolute Gasteiger partial charge is 0.243 e. The molecule has 0 bridgehead atoms. The van der Waals surface area contributed by atoms with Crippen molar-refractivity contribution < 1.29 is 13.2 Å². The second-order valence-electron chi connectivity index (χ2n) is 7.55. The van der Waals surface area contributed by atoms with Gasteiger partial charge in [-0.15, -0.1) is 0 Å². The van der Waals surface area contributed by atoms with Crippen molar-refractivity contribution >= 4 is 27.4 Å². The maximum atomic E-state index is 13.0. The van der Waals surface area contributed by atoms with Gasteiger partial charge in [-0.05, 0) is 56.0 Å². The number of nitrogens with one attached hydrogen (secondary N) is 1. The molecule has 8 nitrogen and oxygen atoms in total. The van der Waals surface area contributed by atoms with Gasteiger partial charge in [-0.1, -0.05) is 0 Å². The third kappa shape index (κ3) is 4.40. The van der Waals surface area contributed by atoms with Crippen LogP contribution in [0.2, 0.25) is 0 Å². The number of hydrogen-bond acceptors (Lipinski definition) is 6. The van der Waals surface area contributed by atoms with E-state index in [4.69, 9.17) is 0 Å². The monoisotopic (exact) mass is 415 g/mol. The molecule has 2 heterocycles. The molecule has 4 rings (SSSR count). The molecule has 1 aromatic heterocycles. The molecule has 0 spiro atoms. The molecular formula is C20H25N5O3S. The number of piperidine rings is 1. The first kappa shape index (κ1) is 19.8. The van der Waals surface area contributed by atoms with Gasteiger partial charge in [0.25, 0.3) is 0 Å². The summed E-state index contributed by atoms with van der Waals surface area (Å²) in [5, 5.41) is 2.65. The fraction of sp³-hybridized carbons (Fsp3) is 0.450. The number of nitrogens with zero attached hydrogens (tertiary/aromatic N) is 4. The number of carbonyl (C=O) groups is 1. The van der Waals surface area contributed by atoms with E-state index >= 15 is 0 Å². The molecule has 0 radical (unpaired) electrons. The molecule has 1 saturated carbocycles. The van der Waals surface area contributed by atoms with Crippen molar-refractivity contribution in [2.24, 2.45) is 0 Å². The molecule has 0 atom stereocenters. The molecule has 2 aliphatic rings. The molecule has 2 fully saturated rings. The van der Waals surface area contributed by atoms with Gasteiger partial charge in [-0.25, -0.2) is 18.4 Å². The van der Waals surface area contributed by atoms with Crippen molar-refractivity contribution in [1.82, 2.24) is 14.3 Å². The second kappa shape index (κ2) is 8.08. The van der Waals surface area contributed by atoms with E-state index in [1.807, 2.05) is 6.07 Å². The SMILES string of the molecule is CC(=O)Nc1ccc(S(=O)(=O)N2CCC(N(c3ccncn3)C3CC3)CC2)cc1. The summed E-state index contributed by atoms with van der Waals surface area (Å²) in [4.78, 5) is 22.2. The third-order valence-electron chi connectivity index (χ3n) is 5.40. The molecule has 1 aromatic carbocycles. The maximum absolute atomic E-state index is 13.0. The molecule has 29 heavy (non-hydrogen) atoms. The lowest BCUT2D eigenvalue weighted by Crippen LogP contribution is -2.48. The summed E-state index contributed by atoms with van der Waals surface area (Å²) in [7, 11) is -3.55. The van der Waals surface area contributed by atoms with Gasteiger partial charge in [-0.2, -0.15) is 4.31 Å². The standard InChI is InChI=1S/C20H25N5O3S/c1-15(26)23-16-2-6-19(7-3-16)29(27,28)24-12-9-18(10-13-24)25(17-4-5-17)20-8-11-21-14-22-20/h2-3,6-8,11,14,17-18H,4-5,9-10,12-13H2,1H3,(H,23,26). The van der Waals surface area contributed by atoms with Crippen molar-refractivity contribution in [2.45, 2.75) is 49.6 Å². The van der Waals surface area contributed by atoms with E-state index in [2.05, 4.69) is 20.2 Å². The number of rotatable bonds is 6. The van der Waals surface area contributed by atoms with E-state index < -0.39 is 10.0 Å². The van der Waals surface area contributed by atoms with E-state index in [9.17, 15) is 13.2 Å². The lowest BCUT2D eigenvalue weighted by Gasteiger charge is -2.38. The highest BCUT2D eigenvalue weighted by molar-refractivity contribution is 7.89. The first-order chi connectivity index (χ1) is 13.9. The number of sulfonamides is 1. The van der Waals surface area contributed by atoms with Crippen LogP contribution in [-0.4, -0.2) is 53.8 Å². The molecule has 0 unspecified atom stereocenters. The van der Waals surface area contributed by atoms with Gasteiger partial charge < -0.3 is 10.2 Å². The van der Waals surface area contributed by atoms with Gasteiger partial charge in [-0.3, -0.25) is 4.79 Å². The average molecular weight is 416 g/mol. The summed E-state index contributed by atoms with van der Waals surface area (Å²) in [5.74, 6) is 0.740. The molecule has 1 saturated heterocycles. The zero-order chi connectivity index (χ0) is 20.4. The fourth-order valence-corrected chi connectivity index (χ4v) is 5.35. The lowest BCUT2D eigenvalue weighted by atomic mass is 10.0. The number of benzene rings is 1. The van der Waals surface area contributed by atoms with Crippen molar-refractivity contribution in [3.05, 3.63) is 42.9 Å². The van der Waals surface area contributed by atoms with Crippen molar-refractivity contribution in [1.29, 1.82) is 0 Å².